The lowest BCUT2D eigenvalue weighted by atomic mass is 10.1. The van der Waals surface area contributed by atoms with Crippen LogP contribution in [0.4, 0.5) is 0 Å². The highest BCUT2D eigenvalue weighted by Gasteiger charge is 2.29. The van der Waals surface area contributed by atoms with Crippen LogP contribution in [-0.2, 0) is 11.4 Å². The molecule has 0 aromatic heterocycles. The van der Waals surface area contributed by atoms with E-state index in [4.69, 9.17) is 44.9 Å². The monoisotopic (exact) mass is 528 g/mol. The first-order valence-corrected chi connectivity index (χ1v) is 11.2. The van der Waals surface area contributed by atoms with Crippen molar-refractivity contribution in [2.24, 2.45) is 0 Å². The number of rotatable bonds is 7. The molecule has 0 spiro atoms. The summed E-state index contributed by atoms with van der Waals surface area (Å²) in [5, 5.41) is 4.32. The molecule has 0 aliphatic carbocycles. The van der Waals surface area contributed by atoms with Gasteiger partial charge in [-0.2, -0.15) is 0 Å². The number of hydrogen-bond donors (Lipinski definition) is 1. The highest BCUT2D eigenvalue weighted by Crippen LogP contribution is 2.38. The molecule has 1 heterocycles. The number of halogens is 3. The van der Waals surface area contributed by atoms with E-state index in [1.807, 2.05) is 32.0 Å². The summed E-state index contributed by atoms with van der Waals surface area (Å²) in [6, 6.07) is 9.01. The Morgan fingerprint density at radius 1 is 1.17 bits per heavy atom. The van der Waals surface area contributed by atoms with Gasteiger partial charge in [0.15, 0.2) is 16.6 Å². The minimum Gasteiger partial charge on any atom is -0.490 e. The molecular formula is C21H19BrCl2N2O3S. The van der Waals surface area contributed by atoms with Crippen LogP contribution in [0.5, 0.6) is 11.5 Å². The van der Waals surface area contributed by atoms with E-state index in [1.165, 1.54) is 4.90 Å². The van der Waals surface area contributed by atoms with Crippen LogP contribution in [0, 0.1) is 0 Å². The lowest BCUT2D eigenvalue weighted by molar-refractivity contribution is -0.122. The van der Waals surface area contributed by atoms with Gasteiger partial charge < -0.3 is 14.8 Å². The molecule has 1 aliphatic heterocycles. The molecule has 1 amide bonds. The Hall–Kier alpha value is -1.80. The molecular weight excluding hydrogens is 511 g/mol. The van der Waals surface area contributed by atoms with Crippen molar-refractivity contribution in [2.45, 2.75) is 20.5 Å². The van der Waals surface area contributed by atoms with Crippen LogP contribution in [-0.4, -0.2) is 29.1 Å². The molecule has 1 saturated heterocycles. The molecule has 3 rings (SSSR count). The first-order chi connectivity index (χ1) is 14.3. The fourth-order valence-corrected chi connectivity index (χ4v) is 4.10. The second-order valence-electron chi connectivity index (χ2n) is 6.34. The quantitative estimate of drug-likeness (QED) is 0.362. The lowest BCUT2D eigenvalue weighted by Gasteiger charge is -2.15. The molecule has 1 fully saturated rings. The third-order valence-corrected chi connectivity index (χ3v) is 5.94. The maximum Gasteiger partial charge on any atom is 0.276 e. The summed E-state index contributed by atoms with van der Waals surface area (Å²) < 4.78 is 12.5. The van der Waals surface area contributed by atoms with Crippen molar-refractivity contribution in [3.05, 3.63) is 61.7 Å². The van der Waals surface area contributed by atoms with Crippen molar-refractivity contribution in [2.75, 3.05) is 13.2 Å². The zero-order chi connectivity index (χ0) is 21.8. The van der Waals surface area contributed by atoms with Crippen molar-refractivity contribution in [1.29, 1.82) is 0 Å². The van der Waals surface area contributed by atoms with E-state index in [9.17, 15) is 4.79 Å². The average Bonchev–Trinajstić information content (AvgIpc) is 2.96. The van der Waals surface area contributed by atoms with E-state index in [-0.39, 0.29) is 12.5 Å². The predicted molar refractivity (Wildman–Crippen MR) is 127 cm³/mol. The van der Waals surface area contributed by atoms with Crippen LogP contribution in [0.1, 0.15) is 25.0 Å². The van der Waals surface area contributed by atoms with Crippen LogP contribution in [0.2, 0.25) is 10.0 Å². The standard InChI is InChI=1S/C21H19BrCl2N2O3S/c1-3-26-20(27)17(25-21(26)30)9-13-7-14(22)19(18(10-13)28-4-2)29-11-12-5-6-15(23)16(24)8-12/h5-10H,3-4,11H2,1-2H3,(H,25,30)/b17-9-. The largest absolute Gasteiger partial charge is 0.490 e. The van der Waals surface area contributed by atoms with E-state index >= 15 is 0 Å². The lowest BCUT2D eigenvalue weighted by Crippen LogP contribution is -2.30. The maximum atomic E-state index is 12.4. The Morgan fingerprint density at radius 2 is 1.93 bits per heavy atom. The van der Waals surface area contributed by atoms with Gasteiger partial charge in [0, 0.05) is 6.54 Å². The molecule has 9 heteroatoms. The average molecular weight is 530 g/mol. The molecule has 1 aliphatic rings. The Balaban J connectivity index is 1.87. The molecule has 5 nitrogen and oxygen atoms in total. The summed E-state index contributed by atoms with van der Waals surface area (Å²) in [6.45, 7) is 5.02. The van der Waals surface area contributed by atoms with Crippen LogP contribution < -0.4 is 14.8 Å². The third-order valence-electron chi connectivity index (χ3n) is 4.29. The minimum atomic E-state index is -0.156. The van der Waals surface area contributed by atoms with E-state index in [0.29, 0.717) is 50.0 Å². The molecule has 158 valence electrons. The number of amides is 1. The number of hydrogen-bond acceptors (Lipinski definition) is 4. The first-order valence-electron chi connectivity index (χ1n) is 9.21. The van der Waals surface area contributed by atoms with Gasteiger partial charge in [0.1, 0.15) is 12.3 Å². The SMILES string of the molecule is CCOc1cc(/C=C2\NC(=S)N(CC)C2=O)cc(Br)c1OCc1ccc(Cl)c(Cl)c1. The Kier molecular flexibility index (Phi) is 7.63. The molecule has 30 heavy (non-hydrogen) atoms. The highest BCUT2D eigenvalue weighted by molar-refractivity contribution is 9.10. The van der Waals surface area contributed by atoms with Crippen molar-refractivity contribution in [3.8, 4) is 11.5 Å². The highest BCUT2D eigenvalue weighted by atomic mass is 79.9. The number of thiocarbonyl (C=S) groups is 1. The van der Waals surface area contributed by atoms with Gasteiger partial charge >= 0.3 is 0 Å². The Morgan fingerprint density at radius 3 is 2.57 bits per heavy atom. The van der Waals surface area contributed by atoms with Crippen molar-refractivity contribution >= 4 is 68.4 Å². The van der Waals surface area contributed by atoms with Crippen LogP contribution in [0.3, 0.4) is 0 Å². The van der Waals surface area contributed by atoms with Gasteiger partial charge in [-0.3, -0.25) is 9.69 Å². The zero-order valence-corrected chi connectivity index (χ0v) is 20.2. The van der Waals surface area contributed by atoms with E-state index < -0.39 is 0 Å². The summed E-state index contributed by atoms with van der Waals surface area (Å²) in [7, 11) is 0. The molecule has 0 saturated carbocycles. The Bertz CT molecular complexity index is 1030. The number of carbonyl (C=O) groups is 1. The number of nitrogens with zero attached hydrogens (tertiary/aromatic N) is 1. The summed E-state index contributed by atoms with van der Waals surface area (Å²) in [4.78, 5) is 14.0. The molecule has 1 N–H and O–H groups in total. The van der Waals surface area contributed by atoms with Crippen molar-refractivity contribution < 1.29 is 14.3 Å². The van der Waals surface area contributed by atoms with Gasteiger partial charge in [-0.15, -0.1) is 0 Å². The molecule has 0 unspecified atom stereocenters. The van der Waals surface area contributed by atoms with Gasteiger partial charge in [0.25, 0.3) is 5.91 Å². The van der Waals surface area contributed by atoms with E-state index in [1.54, 1.807) is 18.2 Å². The van der Waals surface area contributed by atoms with Gasteiger partial charge in [0.2, 0.25) is 0 Å². The fraction of sp³-hybridized carbons (Fsp3) is 0.238. The molecule has 0 bridgehead atoms. The second-order valence-corrected chi connectivity index (χ2v) is 8.39. The molecule has 2 aromatic rings. The molecule has 0 atom stereocenters. The van der Waals surface area contributed by atoms with Crippen molar-refractivity contribution in [1.82, 2.24) is 10.2 Å². The minimum absolute atomic E-state index is 0.156. The third kappa shape index (κ3) is 5.09. The number of benzene rings is 2. The summed E-state index contributed by atoms with van der Waals surface area (Å²) in [5.41, 5.74) is 2.06. The van der Waals surface area contributed by atoms with Crippen LogP contribution in [0.25, 0.3) is 6.08 Å². The van der Waals surface area contributed by atoms with Gasteiger partial charge in [-0.25, -0.2) is 0 Å². The number of likely N-dealkylation sites (N-methyl/N-ethyl adjacent to an activating group) is 1. The van der Waals surface area contributed by atoms with Gasteiger partial charge in [-0.1, -0.05) is 29.3 Å². The maximum absolute atomic E-state index is 12.4. The second kappa shape index (κ2) is 10.0. The number of nitrogens with one attached hydrogen (secondary N) is 1. The summed E-state index contributed by atoms with van der Waals surface area (Å²) >= 11 is 20.8. The van der Waals surface area contributed by atoms with E-state index in [2.05, 4.69) is 21.2 Å². The number of carbonyl (C=O) groups excluding carboxylic acids is 1. The van der Waals surface area contributed by atoms with Gasteiger partial charge in [0.05, 0.1) is 21.1 Å². The summed E-state index contributed by atoms with van der Waals surface area (Å²) in [6.07, 6.45) is 1.74. The fourth-order valence-electron chi connectivity index (χ4n) is 2.88. The van der Waals surface area contributed by atoms with Crippen molar-refractivity contribution in [3.63, 3.8) is 0 Å². The topological polar surface area (TPSA) is 50.8 Å². The molecule has 2 aromatic carbocycles. The summed E-state index contributed by atoms with van der Waals surface area (Å²) in [5.74, 6) is 0.956. The Labute approximate surface area is 199 Å². The van der Waals surface area contributed by atoms with E-state index in [0.717, 1.165) is 11.1 Å². The predicted octanol–water partition coefficient (Wildman–Crippen LogP) is 5.81. The molecule has 0 radical (unpaired) electrons. The number of ether oxygens (including phenoxy) is 2. The smallest absolute Gasteiger partial charge is 0.276 e. The normalized spacial score (nSPS) is 15.0. The van der Waals surface area contributed by atoms with Crippen LogP contribution in [0.15, 0.2) is 40.5 Å². The van der Waals surface area contributed by atoms with Crippen LogP contribution >= 0.6 is 51.3 Å². The van der Waals surface area contributed by atoms with Gasteiger partial charge in [-0.05, 0) is 83.5 Å². The first kappa shape index (κ1) is 22.9. The zero-order valence-electron chi connectivity index (χ0n) is 16.3.